The normalized spacial score (nSPS) is 13.2. The van der Waals surface area contributed by atoms with Crippen LogP contribution >= 0.6 is 0 Å². The van der Waals surface area contributed by atoms with Gasteiger partial charge in [-0.3, -0.25) is 9.11 Å². The van der Waals surface area contributed by atoms with Crippen LogP contribution in [0.15, 0.2) is 0 Å². The summed E-state index contributed by atoms with van der Waals surface area (Å²) in [5, 5.41) is 43.6. The standard InChI is InChI=1S/2C16H30O7S.4Na/c2*1-2-3-4-5-6-7-8-9-10-11-12-16(15(19)20,13-14(17)18)24(21,22)23;;;;/h2*2-13H2,1H3,(H,17,18)(H,19,20)(H,21,22,23);;;;/q;;4*+1/p-4. The first-order valence-electron chi connectivity index (χ1n) is 17.1. The average Bonchev–Trinajstić information content (AvgIpc) is 2.96. The fraction of sp³-hybridized carbons (Fsp3) is 0.875. The third-order valence-corrected chi connectivity index (χ3v) is 11.5. The van der Waals surface area contributed by atoms with Crippen molar-refractivity contribution in [2.24, 2.45) is 0 Å². The molecule has 0 fully saturated rings. The van der Waals surface area contributed by atoms with Crippen molar-refractivity contribution in [2.45, 2.75) is 177 Å². The predicted octanol–water partition coefficient (Wildman–Crippen LogP) is -10.4. The van der Waals surface area contributed by atoms with Gasteiger partial charge in [0.1, 0.15) is 9.49 Å². The molecule has 0 saturated heterocycles. The molecule has 2 N–H and O–H groups in total. The molecule has 0 aliphatic carbocycles. The second-order valence-electron chi connectivity index (χ2n) is 12.5. The maximum atomic E-state index is 11.4. The largest absolute Gasteiger partial charge is 1.00 e. The summed E-state index contributed by atoms with van der Waals surface area (Å²) in [6, 6.07) is 0. The molecule has 0 saturated carbocycles. The summed E-state index contributed by atoms with van der Waals surface area (Å²) in [4.78, 5) is 43.6. The minimum Gasteiger partial charge on any atom is -0.550 e. The van der Waals surface area contributed by atoms with Gasteiger partial charge in [0.15, 0.2) is 0 Å². The van der Waals surface area contributed by atoms with Crippen molar-refractivity contribution in [3.63, 3.8) is 0 Å². The van der Waals surface area contributed by atoms with E-state index in [0.717, 1.165) is 51.4 Å². The first-order chi connectivity index (χ1) is 22.3. The van der Waals surface area contributed by atoms with Crippen molar-refractivity contribution in [3.8, 4) is 0 Å². The summed E-state index contributed by atoms with van der Waals surface area (Å²) in [5.41, 5.74) is 0. The van der Waals surface area contributed by atoms with Crippen molar-refractivity contribution in [1.82, 2.24) is 0 Å². The molecule has 0 aliphatic rings. The van der Waals surface area contributed by atoms with Crippen LogP contribution in [-0.4, -0.2) is 59.3 Å². The first-order valence-corrected chi connectivity index (χ1v) is 20.0. The Hall–Kier alpha value is 1.70. The van der Waals surface area contributed by atoms with Crippen molar-refractivity contribution in [2.75, 3.05) is 0 Å². The summed E-state index contributed by atoms with van der Waals surface area (Å²) in [7, 11) is -10.2. The van der Waals surface area contributed by atoms with Crippen LogP contribution in [0.5, 0.6) is 0 Å². The number of aliphatic carboxylic acids is 4. The molecule has 14 nitrogen and oxygen atoms in total. The number of carboxylic acid groups (broad SMARTS) is 4. The van der Waals surface area contributed by atoms with Crippen LogP contribution in [0.25, 0.3) is 0 Å². The number of hydrogen-bond donors (Lipinski definition) is 2. The molecule has 0 aromatic carbocycles. The van der Waals surface area contributed by atoms with E-state index in [4.69, 9.17) is 9.11 Å². The van der Waals surface area contributed by atoms with Gasteiger partial charge < -0.3 is 39.6 Å². The monoisotopic (exact) mass is 820 g/mol. The van der Waals surface area contributed by atoms with E-state index in [9.17, 15) is 56.4 Å². The third kappa shape index (κ3) is 29.0. The molecule has 2 atom stereocenters. The number of hydrogen-bond acceptors (Lipinski definition) is 12. The van der Waals surface area contributed by atoms with E-state index >= 15 is 0 Å². The summed E-state index contributed by atoms with van der Waals surface area (Å²) < 4.78 is 58.1. The molecular weight excluding hydrogens is 764 g/mol. The van der Waals surface area contributed by atoms with Gasteiger partial charge in [0.2, 0.25) is 0 Å². The van der Waals surface area contributed by atoms with E-state index in [1.54, 1.807) is 0 Å². The molecule has 20 heteroatoms. The molecule has 0 rings (SSSR count). The molecule has 52 heavy (non-hydrogen) atoms. The number of carbonyl (C=O) groups excluding carboxylic acids is 4. The van der Waals surface area contributed by atoms with Crippen molar-refractivity contribution in [1.29, 1.82) is 0 Å². The Balaban J connectivity index is -0.000000189. The number of rotatable bonds is 30. The molecule has 0 spiro atoms. The Labute approximate surface area is 400 Å². The maximum absolute atomic E-state index is 11.4. The second-order valence-corrected chi connectivity index (χ2v) is 15.9. The molecule has 0 aliphatic heterocycles. The Kier molecular flexibility index (Phi) is 46.6. The summed E-state index contributed by atoms with van der Waals surface area (Å²) in [6.45, 7) is 4.30. The summed E-state index contributed by atoms with van der Waals surface area (Å²) in [6.07, 6.45) is 15.4. The molecule has 2 unspecified atom stereocenters. The van der Waals surface area contributed by atoms with E-state index in [1.807, 2.05) is 0 Å². The van der Waals surface area contributed by atoms with Gasteiger partial charge in [0.25, 0.3) is 20.2 Å². The SMILES string of the molecule is CCCCCCCCCCCCC(CC(=O)[O-])(C(=O)[O-])S(=O)(=O)O.CCCCCCCCCCCCC(CC(=O)[O-])(C(=O)[O-])S(=O)(=O)O.[Na+].[Na+].[Na+].[Na+]. The van der Waals surface area contributed by atoms with Crippen LogP contribution in [0.4, 0.5) is 0 Å². The van der Waals surface area contributed by atoms with Crippen molar-refractivity contribution < 1.29 is 184 Å². The number of carbonyl (C=O) groups is 4. The molecule has 0 aromatic heterocycles. The van der Waals surface area contributed by atoms with Gasteiger partial charge in [0, 0.05) is 24.8 Å². The van der Waals surface area contributed by atoms with Gasteiger partial charge in [-0.2, -0.15) is 16.8 Å². The van der Waals surface area contributed by atoms with Crippen LogP contribution < -0.4 is 139 Å². The third-order valence-electron chi connectivity index (χ3n) is 8.46. The van der Waals surface area contributed by atoms with Gasteiger partial charge in [-0.1, -0.05) is 142 Å². The minimum absolute atomic E-state index is 0. The summed E-state index contributed by atoms with van der Waals surface area (Å²) in [5.74, 6) is -7.93. The zero-order valence-electron chi connectivity index (χ0n) is 32.6. The second kappa shape index (κ2) is 37.0. The topological polar surface area (TPSA) is 269 Å². The number of unbranched alkanes of at least 4 members (excludes halogenated alkanes) is 18. The molecule has 0 aromatic rings. The van der Waals surface area contributed by atoms with Gasteiger partial charge in [-0.15, -0.1) is 0 Å². The van der Waals surface area contributed by atoms with E-state index in [-0.39, 0.29) is 131 Å². The Morgan fingerprint density at radius 2 is 0.615 bits per heavy atom. The predicted molar refractivity (Wildman–Crippen MR) is 171 cm³/mol. The molecule has 0 heterocycles. The maximum Gasteiger partial charge on any atom is 1.00 e. The Morgan fingerprint density at radius 1 is 0.423 bits per heavy atom. The van der Waals surface area contributed by atoms with Crippen LogP contribution in [0.2, 0.25) is 0 Å². The van der Waals surface area contributed by atoms with Crippen molar-refractivity contribution in [3.05, 3.63) is 0 Å². The minimum atomic E-state index is -5.11. The smallest absolute Gasteiger partial charge is 0.550 e. The molecular formula is C32H56Na4O14S2. The Bertz CT molecular complexity index is 1080. The van der Waals surface area contributed by atoms with E-state index in [2.05, 4.69) is 13.8 Å². The average molecular weight is 821 g/mol. The number of carboxylic acids is 4. The van der Waals surface area contributed by atoms with E-state index in [0.29, 0.717) is 12.8 Å². The fourth-order valence-electron chi connectivity index (χ4n) is 5.44. The first kappa shape index (κ1) is 65.5. The molecule has 0 radical (unpaired) electrons. The fourth-order valence-corrected chi connectivity index (χ4v) is 7.26. The van der Waals surface area contributed by atoms with Crippen LogP contribution in [-0.2, 0) is 39.4 Å². The molecule has 284 valence electrons. The van der Waals surface area contributed by atoms with Crippen molar-refractivity contribution >= 4 is 44.1 Å². The van der Waals surface area contributed by atoms with Gasteiger partial charge >= 0.3 is 118 Å². The Morgan fingerprint density at radius 3 is 0.769 bits per heavy atom. The molecule has 0 amide bonds. The van der Waals surface area contributed by atoms with Gasteiger partial charge in [-0.05, 0) is 12.8 Å². The van der Waals surface area contributed by atoms with E-state index in [1.165, 1.54) is 51.4 Å². The van der Waals surface area contributed by atoms with Crippen LogP contribution in [0.1, 0.15) is 168 Å². The zero-order valence-corrected chi connectivity index (χ0v) is 42.2. The van der Waals surface area contributed by atoms with Crippen LogP contribution in [0.3, 0.4) is 0 Å². The zero-order chi connectivity index (χ0) is 37.3. The summed E-state index contributed by atoms with van der Waals surface area (Å²) >= 11 is 0. The van der Waals surface area contributed by atoms with E-state index < -0.39 is 79.3 Å². The van der Waals surface area contributed by atoms with Gasteiger partial charge in [0.05, 0.1) is 11.9 Å². The molecule has 0 bridgehead atoms. The van der Waals surface area contributed by atoms with Crippen LogP contribution in [0, 0.1) is 0 Å². The van der Waals surface area contributed by atoms with Gasteiger partial charge in [-0.25, -0.2) is 0 Å². The quantitative estimate of drug-likeness (QED) is 0.0387.